The van der Waals surface area contributed by atoms with E-state index in [0.29, 0.717) is 0 Å². The van der Waals surface area contributed by atoms with Crippen molar-refractivity contribution in [2.75, 3.05) is 7.11 Å². The average molecular weight is 433 g/mol. The number of hydrogen-bond acceptors (Lipinski definition) is 2. The second-order valence-corrected chi connectivity index (χ2v) is 8.19. The summed E-state index contributed by atoms with van der Waals surface area (Å²) in [6.45, 7) is 11.0. The van der Waals surface area contributed by atoms with Crippen LogP contribution < -0.4 is 0 Å². The Labute approximate surface area is 171 Å². The molecule has 2 fully saturated rings. The van der Waals surface area contributed by atoms with Crippen LogP contribution in [0.5, 0.6) is 0 Å². The summed E-state index contributed by atoms with van der Waals surface area (Å²) in [6.07, 6.45) is 20.1. The molecule has 25 heavy (non-hydrogen) atoms. The van der Waals surface area contributed by atoms with Gasteiger partial charge in [-0.3, -0.25) is 0 Å². The van der Waals surface area contributed by atoms with E-state index in [1.54, 1.807) is 20.9 Å². The molecule has 0 atom stereocenters. The van der Waals surface area contributed by atoms with Gasteiger partial charge in [0.15, 0.2) is 0 Å². The first kappa shape index (κ1) is 27.7. The quantitative estimate of drug-likeness (QED) is 0.373. The van der Waals surface area contributed by atoms with Crippen LogP contribution in [0.25, 0.3) is 0 Å². The first-order chi connectivity index (χ1) is 12.0. The van der Waals surface area contributed by atoms with Gasteiger partial charge in [0, 0.05) is 7.11 Å². The molecule has 0 bridgehead atoms. The fraction of sp³-hybridized carbons (Fsp3) is 0.909. The Kier molecular flexibility index (Phi) is 21.4. The summed E-state index contributed by atoms with van der Waals surface area (Å²) < 4.78 is 4.19. The normalized spacial score (nSPS) is 18.5. The van der Waals surface area contributed by atoms with Crippen LogP contribution in [0.2, 0.25) is 0 Å². The molecule has 0 amide bonds. The molecule has 0 aliphatic heterocycles. The fourth-order valence-electron chi connectivity index (χ4n) is 2.88. The van der Waals surface area contributed by atoms with Crippen molar-refractivity contribution in [3.8, 4) is 0 Å². The van der Waals surface area contributed by atoms with Crippen molar-refractivity contribution in [3.05, 3.63) is 12.8 Å². The third-order valence-electron chi connectivity index (χ3n) is 5.41. The largest absolute Gasteiger partial charge is 0.400 e. The Hall–Kier alpha value is 0.500. The molecule has 2 aliphatic rings. The molecule has 0 spiro atoms. The summed E-state index contributed by atoms with van der Waals surface area (Å²) in [6, 6.07) is 0. The molecular weight excluding hydrogens is 387 g/mol. The monoisotopic (exact) mass is 432 g/mol. The van der Waals surface area contributed by atoms with Crippen LogP contribution in [0.1, 0.15) is 105 Å². The fourth-order valence-corrected chi connectivity index (χ4v) is 3.23. The number of hydrogen-bond donors (Lipinski definition) is 1. The molecular formula is C22H45NNbO-2. The minimum Gasteiger partial charge on any atom is -0.400 e. The van der Waals surface area contributed by atoms with Crippen molar-refractivity contribution in [2.24, 2.45) is 15.2 Å². The van der Waals surface area contributed by atoms with E-state index >= 15 is 0 Å². The standard InChI is InChI=1S/2C8H15.C5H11N.CH4O.Nb/c2*1-2-8-6-4-3-5-7-8;1-4-5(2,3)6;1-2;/h2*3,8H,2,4-7H2,1H3;4H2,1-3H3;2H,1H3;/q2*-1;;;. The Morgan fingerprint density at radius 1 is 0.840 bits per heavy atom. The van der Waals surface area contributed by atoms with Gasteiger partial charge in [-0.15, -0.1) is 0 Å². The molecule has 151 valence electrons. The molecule has 2 rings (SSSR count). The summed E-state index contributed by atoms with van der Waals surface area (Å²) in [5.74, 6) is 2.11. The van der Waals surface area contributed by atoms with Crippen LogP contribution in [0.4, 0.5) is 0 Å². The molecule has 0 aromatic rings. The van der Waals surface area contributed by atoms with Crippen LogP contribution in [0.3, 0.4) is 0 Å². The summed E-state index contributed by atoms with van der Waals surface area (Å²) in [4.78, 5) is 0. The van der Waals surface area contributed by atoms with E-state index in [9.17, 15) is 0 Å². The third kappa shape index (κ3) is 17.7. The number of aliphatic hydroxyl groups excluding tert-OH is 1. The van der Waals surface area contributed by atoms with E-state index in [1.807, 2.05) is 0 Å². The minimum absolute atomic E-state index is 0.231. The van der Waals surface area contributed by atoms with Gasteiger partial charge in [0.1, 0.15) is 0 Å². The van der Waals surface area contributed by atoms with Crippen LogP contribution in [-0.4, -0.2) is 17.8 Å². The summed E-state index contributed by atoms with van der Waals surface area (Å²) in [5.41, 5.74) is 0.231. The van der Waals surface area contributed by atoms with Crippen molar-refractivity contribution >= 4 is 0 Å². The number of rotatable bonds is 4. The molecule has 0 aromatic carbocycles. The van der Waals surface area contributed by atoms with E-state index in [2.05, 4.69) is 50.8 Å². The maximum Gasteiger partial charge on any atom is 0.0319 e. The number of aliphatic hydroxyl groups is 1. The number of nitrogens with zero attached hydrogens (tertiary/aromatic N) is 1. The zero-order valence-corrected chi connectivity index (χ0v) is 20.1. The van der Waals surface area contributed by atoms with E-state index in [4.69, 9.17) is 5.11 Å². The van der Waals surface area contributed by atoms with E-state index in [-0.39, 0.29) is 5.54 Å². The van der Waals surface area contributed by atoms with Gasteiger partial charge in [-0.05, 0) is 11.8 Å². The smallest absolute Gasteiger partial charge is 0.0319 e. The zero-order valence-electron chi connectivity index (χ0n) is 17.9. The SMILES string of the molecule is CCC(C)(C)[N]=[Nb].CCC1CC[CH-]CC1.CCC1CC[CH-]CC1.CO. The average Bonchev–Trinajstić information content (AvgIpc) is 2.71. The van der Waals surface area contributed by atoms with Gasteiger partial charge in [0.05, 0.1) is 0 Å². The van der Waals surface area contributed by atoms with Gasteiger partial charge >= 0.3 is 57.0 Å². The Morgan fingerprint density at radius 3 is 1.28 bits per heavy atom. The van der Waals surface area contributed by atoms with Gasteiger partial charge in [0.2, 0.25) is 0 Å². The molecule has 2 nitrogen and oxygen atoms in total. The molecule has 2 aliphatic carbocycles. The molecule has 3 heteroatoms. The third-order valence-corrected chi connectivity index (χ3v) is 6.74. The predicted octanol–water partition coefficient (Wildman–Crippen LogP) is 7.10. The second kappa shape index (κ2) is 19.3. The summed E-state index contributed by atoms with van der Waals surface area (Å²) in [5, 5.41) is 7.00. The maximum absolute atomic E-state index is 7.00. The van der Waals surface area contributed by atoms with Crippen molar-refractivity contribution in [2.45, 2.75) is 111 Å². The van der Waals surface area contributed by atoms with Gasteiger partial charge in [-0.1, -0.05) is 52.4 Å². The van der Waals surface area contributed by atoms with E-state index in [1.165, 1.54) is 64.2 Å². The Bertz CT molecular complexity index is 251. The van der Waals surface area contributed by atoms with E-state index in [0.717, 1.165) is 25.4 Å². The first-order valence-electron chi connectivity index (χ1n) is 10.4. The van der Waals surface area contributed by atoms with Crippen LogP contribution in [-0.2, 0) is 20.9 Å². The molecule has 0 saturated heterocycles. The van der Waals surface area contributed by atoms with Crippen molar-refractivity contribution in [1.82, 2.24) is 0 Å². The van der Waals surface area contributed by atoms with Crippen molar-refractivity contribution in [3.63, 3.8) is 0 Å². The second-order valence-electron chi connectivity index (χ2n) is 7.70. The minimum atomic E-state index is 0.231. The first-order valence-corrected chi connectivity index (χ1v) is 11.4. The zero-order chi connectivity index (χ0) is 19.6. The van der Waals surface area contributed by atoms with Crippen LogP contribution in [0, 0.1) is 24.7 Å². The molecule has 0 radical (unpaired) electrons. The molecule has 0 aromatic heterocycles. The van der Waals surface area contributed by atoms with Gasteiger partial charge in [-0.25, -0.2) is 0 Å². The molecule has 0 unspecified atom stereocenters. The van der Waals surface area contributed by atoms with Crippen LogP contribution >= 0.6 is 0 Å². The van der Waals surface area contributed by atoms with Crippen LogP contribution in [0.15, 0.2) is 3.34 Å². The van der Waals surface area contributed by atoms with Crippen molar-refractivity contribution in [1.29, 1.82) is 0 Å². The topological polar surface area (TPSA) is 32.6 Å². The molecule has 2 saturated carbocycles. The maximum atomic E-state index is 7.00. The Balaban J connectivity index is 0. The summed E-state index contributed by atoms with van der Waals surface area (Å²) in [7, 11) is 1.00. The summed E-state index contributed by atoms with van der Waals surface area (Å²) >= 11 is 1.55. The Morgan fingerprint density at radius 2 is 1.16 bits per heavy atom. The van der Waals surface area contributed by atoms with Crippen molar-refractivity contribution < 1.29 is 26.0 Å². The molecule has 1 N–H and O–H groups in total. The van der Waals surface area contributed by atoms with Gasteiger partial charge in [-0.2, -0.15) is 25.7 Å². The molecule has 0 heterocycles. The van der Waals surface area contributed by atoms with E-state index < -0.39 is 0 Å². The van der Waals surface area contributed by atoms with Gasteiger partial charge < -0.3 is 17.9 Å². The predicted molar refractivity (Wildman–Crippen MR) is 108 cm³/mol. The van der Waals surface area contributed by atoms with Gasteiger partial charge in [0.25, 0.3) is 0 Å².